The van der Waals surface area contributed by atoms with Crippen LogP contribution in [-0.4, -0.2) is 43.8 Å². The summed E-state index contributed by atoms with van der Waals surface area (Å²) in [6.45, 7) is 2.78. The number of ether oxygens (including phenoxy) is 1. The maximum absolute atomic E-state index is 14.1. The van der Waals surface area contributed by atoms with Crippen molar-refractivity contribution in [2.24, 2.45) is 0 Å². The largest absolute Gasteiger partial charge is 0.373 e. The van der Waals surface area contributed by atoms with Crippen molar-refractivity contribution in [3.8, 4) is 0 Å². The van der Waals surface area contributed by atoms with Crippen molar-refractivity contribution in [2.45, 2.75) is 31.0 Å². The van der Waals surface area contributed by atoms with Gasteiger partial charge in [-0.05, 0) is 44.6 Å². The molecule has 20 heavy (non-hydrogen) atoms. The maximum atomic E-state index is 14.1. The van der Waals surface area contributed by atoms with E-state index in [2.05, 4.69) is 26.1 Å². The molecule has 0 spiro atoms. The molecule has 3 atom stereocenters. The van der Waals surface area contributed by atoms with Crippen LogP contribution in [-0.2, 0) is 4.74 Å². The zero-order valence-corrected chi connectivity index (χ0v) is 13.2. The molecule has 0 saturated carbocycles. The van der Waals surface area contributed by atoms with Crippen LogP contribution in [0.1, 0.15) is 24.4 Å². The number of hydrogen-bond acceptors (Lipinski definition) is 3. The van der Waals surface area contributed by atoms with Gasteiger partial charge >= 0.3 is 0 Å². The molecular weight excluding hydrogens is 323 g/mol. The number of likely N-dealkylation sites (N-methyl/N-ethyl adjacent to an activating group) is 1. The second-order valence-corrected chi connectivity index (χ2v) is 6.51. The number of hydrogen-bond donors (Lipinski definition) is 1. The number of nitrogens with zero attached hydrogens (tertiary/aromatic N) is 1. The SMILES string of the molecule is CNC(c1cc(Br)ccc1F)C1CN2CCCC2CO1. The van der Waals surface area contributed by atoms with Crippen molar-refractivity contribution < 1.29 is 9.13 Å². The van der Waals surface area contributed by atoms with E-state index in [1.165, 1.54) is 18.9 Å². The van der Waals surface area contributed by atoms with Gasteiger partial charge in [-0.15, -0.1) is 0 Å². The standard InChI is InChI=1S/C15H20BrFN2O/c1-18-15(12-7-10(16)4-5-13(12)17)14-8-19-6-2-3-11(19)9-20-14/h4-5,7,11,14-15,18H,2-3,6,8-9H2,1H3. The lowest BCUT2D eigenvalue weighted by Crippen LogP contribution is -2.50. The van der Waals surface area contributed by atoms with Crippen molar-refractivity contribution >= 4 is 15.9 Å². The Morgan fingerprint density at radius 2 is 2.35 bits per heavy atom. The first-order chi connectivity index (χ1) is 9.69. The highest BCUT2D eigenvalue weighted by Crippen LogP contribution is 2.30. The number of fused-ring (bicyclic) bond motifs is 1. The van der Waals surface area contributed by atoms with Crippen LogP contribution in [0.3, 0.4) is 0 Å². The smallest absolute Gasteiger partial charge is 0.128 e. The second-order valence-electron chi connectivity index (χ2n) is 5.59. The number of rotatable bonds is 3. The number of morpholine rings is 1. The first-order valence-corrected chi connectivity index (χ1v) is 7.96. The summed E-state index contributed by atoms with van der Waals surface area (Å²) in [6, 6.07) is 5.52. The Hall–Kier alpha value is -0.490. The van der Waals surface area contributed by atoms with Crippen LogP contribution in [0.4, 0.5) is 4.39 Å². The van der Waals surface area contributed by atoms with Crippen molar-refractivity contribution in [2.75, 3.05) is 26.7 Å². The third kappa shape index (κ3) is 2.77. The lowest BCUT2D eigenvalue weighted by atomic mass is 9.99. The van der Waals surface area contributed by atoms with E-state index in [1.54, 1.807) is 6.07 Å². The first-order valence-electron chi connectivity index (χ1n) is 7.17. The maximum Gasteiger partial charge on any atom is 0.128 e. The van der Waals surface area contributed by atoms with Gasteiger partial charge in [0.1, 0.15) is 5.82 Å². The van der Waals surface area contributed by atoms with Gasteiger partial charge in [0.2, 0.25) is 0 Å². The van der Waals surface area contributed by atoms with E-state index in [0.717, 1.165) is 24.2 Å². The molecule has 1 aromatic rings. The van der Waals surface area contributed by atoms with Crippen LogP contribution in [0.25, 0.3) is 0 Å². The number of benzene rings is 1. The minimum Gasteiger partial charge on any atom is -0.373 e. The molecule has 2 fully saturated rings. The molecule has 2 heterocycles. The summed E-state index contributed by atoms with van der Waals surface area (Å²) in [5.74, 6) is -0.181. The lowest BCUT2D eigenvalue weighted by Gasteiger charge is -2.39. The molecule has 2 saturated heterocycles. The number of halogens is 2. The first kappa shape index (κ1) is 14.4. The molecular formula is C15H20BrFN2O. The third-order valence-corrected chi connectivity index (χ3v) is 4.89. The van der Waals surface area contributed by atoms with Gasteiger partial charge in [-0.3, -0.25) is 4.90 Å². The fourth-order valence-corrected chi connectivity index (χ4v) is 3.72. The van der Waals surface area contributed by atoms with Gasteiger partial charge < -0.3 is 10.1 Å². The number of nitrogens with one attached hydrogen (secondary N) is 1. The van der Waals surface area contributed by atoms with Gasteiger partial charge in [0.15, 0.2) is 0 Å². The van der Waals surface area contributed by atoms with Crippen molar-refractivity contribution in [3.63, 3.8) is 0 Å². The van der Waals surface area contributed by atoms with Gasteiger partial charge in [0, 0.05) is 22.6 Å². The Kier molecular flexibility index (Phi) is 4.40. The minimum atomic E-state index is -0.181. The quantitative estimate of drug-likeness (QED) is 0.913. The van der Waals surface area contributed by atoms with Crippen molar-refractivity contribution in [1.82, 2.24) is 10.2 Å². The summed E-state index contributed by atoms with van der Waals surface area (Å²) < 4.78 is 21.0. The molecule has 0 radical (unpaired) electrons. The summed E-state index contributed by atoms with van der Waals surface area (Å²) in [6.07, 6.45) is 2.47. The molecule has 1 aromatic carbocycles. The molecule has 110 valence electrons. The Balaban J connectivity index is 1.81. The monoisotopic (exact) mass is 342 g/mol. The summed E-state index contributed by atoms with van der Waals surface area (Å²) in [7, 11) is 1.87. The molecule has 0 aliphatic carbocycles. The zero-order valence-electron chi connectivity index (χ0n) is 11.6. The minimum absolute atomic E-state index is 0.00171. The average molecular weight is 343 g/mol. The molecule has 3 unspecified atom stereocenters. The average Bonchev–Trinajstić information content (AvgIpc) is 2.91. The molecule has 5 heteroatoms. The van der Waals surface area contributed by atoms with E-state index in [-0.39, 0.29) is 18.0 Å². The van der Waals surface area contributed by atoms with Crippen LogP contribution in [0.5, 0.6) is 0 Å². The van der Waals surface area contributed by atoms with Gasteiger partial charge in [-0.25, -0.2) is 4.39 Å². The molecule has 0 aromatic heterocycles. The Morgan fingerprint density at radius 1 is 1.50 bits per heavy atom. The van der Waals surface area contributed by atoms with Gasteiger partial charge in [0.05, 0.1) is 18.8 Å². The highest BCUT2D eigenvalue weighted by molar-refractivity contribution is 9.10. The summed E-state index contributed by atoms with van der Waals surface area (Å²) in [4.78, 5) is 2.48. The predicted molar refractivity (Wildman–Crippen MR) is 80.2 cm³/mol. The fourth-order valence-electron chi connectivity index (χ4n) is 3.34. The second kappa shape index (κ2) is 6.10. The Morgan fingerprint density at radius 3 is 3.15 bits per heavy atom. The predicted octanol–water partition coefficient (Wildman–Crippen LogP) is 2.71. The van der Waals surface area contributed by atoms with Crippen LogP contribution < -0.4 is 5.32 Å². The molecule has 3 nitrogen and oxygen atoms in total. The molecule has 2 aliphatic rings. The fraction of sp³-hybridized carbons (Fsp3) is 0.600. The Labute approximate surface area is 127 Å². The van der Waals surface area contributed by atoms with E-state index < -0.39 is 0 Å². The molecule has 1 N–H and O–H groups in total. The third-order valence-electron chi connectivity index (χ3n) is 4.39. The molecule has 3 rings (SSSR count). The molecule has 2 aliphatic heterocycles. The van der Waals surface area contributed by atoms with Crippen molar-refractivity contribution in [3.05, 3.63) is 34.1 Å². The van der Waals surface area contributed by atoms with Crippen LogP contribution >= 0.6 is 15.9 Å². The van der Waals surface area contributed by atoms with Gasteiger partial charge in [-0.2, -0.15) is 0 Å². The van der Waals surface area contributed by atoms with Crippen molar-refractivity contribution in [1.29, 1.82) is 0 Å². The highest BCUT2D eigenvalue weighted by atomic mass is 79.9. The van der Waals surface area contributed by atoms with E-state index in [4.69, 9.17) is 4.74 Å². The van der Waals surface area contributed by atoms with Crippen LogP contribution in [0.2, 0.25) is 0 Å². The van der Waals surface area contributed by atoms with Gasteiger partial charge in [-0.1, -0.05) is 15.9 Å². The summed E-state index contributed by atoms with van der Waals surface area (Å²) in [5, 5.41) is 3.22. The molecule has 0 bridgehead atoms. The summed E-state index contributed by atoms with van der Waals surface area (Å²) in [5.41, 5.74) is 0.671. The highest BCUT2D eigenvalue weighted by Gasteiger charge is 2.36. The Bertz CT molecular complexity index is 485. The van der Waals surface area contributed by atoms with Crippen LogP contribution in [0.15, 0.2) is 22.7 Å². The molecule has 0 amide bonds. The summed E-state index contributed by atoms with van der Waals surface area (Å²) >= 11 is 3.42. The topological polar surface area (TPSA) is 24.5 Å². The lowest BCUT2D eigenvalue weighted by molar-refractivity contribution is -0.0647. The van der Waals surface area contributed by atoms with Crippen LogP contribution in [0, 0.1) is 5.82 Å². The zero-order chi connectivity index (χ0) is 14.1. The van der Waals surface area contributed by atoms with E-state index >= 15 is 0 Å². The van der Waals surface area contributed by atoms with E-state index in [0.29, 0.717) is 11.6 Å². The van der Waals surface area contributed by atoms with E-state index in [9.17, 15) is 4.39 Å². The van der Waals surface area contributed by atoms with Gasteiger partial charge in [0.25, 0.3) is 0 Å². The normalized spacial score (nSPS) is 28.4. The van der Waals surface area contributed by atoms with E-state index in [1.807, 2.05) is 13.1 Å².